The van der Waals surface area contributed by atoms with Crippen LogP contribution in [0.4, 0.5) is 5.69 Å². The van der Waals surface area contributed by atoms with E-state index in [1.165, 1.54) is 0 Å². The molecule has 0 aliphatic heterocycles. The largest absolute Gasteiger partial charge is 0.325 e. The molecule has 1 amide bonds. The fourth-order valence-electron chi connectivity index (χ4n) is 1.48. The van der Waals surface area contributed by atoms with Gasteiger partial charge in [-0.1, -0.05) is 25.1 Å². The third-order valence-corrected chi connectivity index (χ3v) is 3.04. The highest BCUT2D eigenvalue weighted by molar-refractivity contribution is 7.91. The average Bonchev–Trinajstić information content (AvgIpc) is 2.25. The van der Waals surface area contributed by atoms with Crippen LogP contribution < -0.4 is 10.6 Å². The normalized spacial score (nSPS) is 10.6. The lowest BCUT2D eigenvalue weighted by Gasteiger charge is -2.10. The highest BCUT2D eigenvalue weighted by Crippen LogP contribution is 2.14. The zero-order chi connectivity index (χ0) is 13.6. The third kappa shape index (κ3) is 7.15. The Hall–Kier alpha value is -1.11. The van der Waals surface area contributed by atoms with Crippen LogP contribution in [0, 0.1) is 0 Å². The van der Waals surface area contributed by atoms with Crippen LogP contribution in [0.3, 0.4) is 0 Å². The summed E-state index contributed by atoms with van der Waals surface area (Å²) in [6, 6.07) is 7.32. The number of carbonyl (C=O) groups excluding carboxylic acids is 1. The molecule has 0 spiro atoms. The van der Waals surface area contributed by atoms with Gasteiger partial charge in [-0.15, -0.1) is 12.4 Å². The van der Waals surface area contributed by atoms with Crippen LogP contribution in [-0.4, -0.2) is 32.9 Å². The van der Waals surface area contributed by atoms with Crippen molar-refractivity contribution in [2.75, 3.05) is 23.9 Å². The number of benzene rings is 1. The molecule has 0 heterocycles. The Morgan fingerprint density at radius 2 is 1.89 bits per heavy atom. The van der Waals surface area contributed by atoms with Crippen LogP contribution >= 0.6 is 12.4 Å². The van der Waals surface area contributed by atoms with Crippen molar-refractivity contribution in [2.45, 2.75) is 13.5 Å². The summed E-state index contributed by atoms with van der Waals surface area (Å²) in [5, 5.41) is 5.77. The van der Waals surface area contributed by atoms with E-state index in [0.29, 0.717) is 12.2 Å². The van der Waals surface area contributed by atoms with Gasteiger partial charge in [-0.25, -0.2) is 8.42 Å². The van der Waals surface area contributed by atoms with Crippen molar-refractivity contribution >= 4 is 33.8 Å². The number of carbonyl (C=O) groups is 1. The predicted octanol–water partition coefficient (Wildman–Crippen LogP) is 1.20. The van der Waals surface area contributed by atoms with Gasteiger partial charge in [0, 0.05) is 18.5 Å². The van der Waals surface area contributed by atoms with Gasteiger partial charge < -0.3 is 10.6 Å². The molecule has 0 bridgehead atoms. The number of rotatable bonds is 6. The number of sulfone groups is 1. The SMILES string of the molecule is CCNCc1ccccc1NC(=O)CS(C)(=O)=O.Cl. The van der Waals surface area contributed by atoms with Crippen molar-refractivity contribution in [3.05, 3.63) is 29.8 Å². The fourth-order valence-corrected chi connectivity index (χ4v) is 2.03. The fraction of sp³-hybridized carbons (Fsp3) is 0.417. The van der Waals surface area contributed by atoms with Gasteiger partial charge in [0.1, 0.15) is 5.75 Å². The molecule has 0 aliphatic rings. The molecule has 19 heavy (non-hydrogen) atoms. The number of amides is 1. The first-order valence-corrected chi connectivity index (χ1v) is 7.74. The van der Waals surface area contributed by atoms with Crippen LogP contribution in [0.5, 0.6) is 0 Å². The second kappa shape index (κ2) is 8.14. The molecular weight excluding hydrogens is 288 g/mol. The molecule has 0 radical (unpaired) electrons. The number of halogens is 1. The topological polar surface area (TPSA) is 75.3 Å². The van der Waals surface area contributed by atoms with Gasteiger partial charge in [0.2, 0.25) is 5.91 Å². The number of hydrogen-bond acceptors (Lipinski definition) is 4. The summed E-state index contributed by atoms with van der Waals surface area (Å²) in [6.45, 7) is 3.45. The minimum absolute atomic E-state index is 0. The summed E-state index contributed by atoms with van der Waals surface area (Å²) in [7, 11) is -3.30. The van der Waals surface area contributed by atoms with E-state index in [1.54, 1.807) is 12.1 Å². The van der Waals surface area contributed by atoms with Gasteiger partial charge in [-0.05, 0) is 18.2 Å². The molecular formula is C12H19ClN2O3S. The molecule has 2 N–H and O–H groups in total. The smallest absolute Gasteiger partial charge is 0.239 e. The molecule has 7 heteroatoms. The Morgan fingerprint density at radius 1 is 1.26 bits per heavy atom. The number of nitrogens with one attached hydrogen (secondary N) is 2. The van der Waals surface area contributed by atoms with Crippen molar-refractivity contribution < 1.29 is 13.2 Å². The molecule has 0 unspecified atom stereocenters. The second-order valence-electron chi connectivity index (χ2n) is 4.06. The molecule has 5 nitrogen and oxygen atoms in total. The van der Waals surface area contributed by atoms with Gasteiger partial charge in [-0.2, -0.15) is 0 Å². The highest BCUT2D eigenvalue weighted by Gasteiger charge is 2.12. The molecule has 0 saturated carbocycles. The zero-order valence-corrected chi connectivity index (χ0v) is 12.6. The first-order valence-electron chi connectivity index (χ1n) is 5.68. The first-order chi connectivity index (χ1) is 8.42. The lowest BCUT2D eigenvalue weighted by Crippen LogP contribution is -2.23. The van der Waals surface area contributed by atoms with Crippen LogP contribution in [0.1, 0.15) is 12.5 Å². The van der Waals surface area contributed by atoms with Crippen molar-refractivity contribution in [3.63, 3.8) is 0 Å². The Bertz CT molecular complexity index is 517. The lowest BCUT2D eigenvalue weighted by molar-refractivity contribution is -0.113. The summed E-state index contributed by atoms with van der Waals surface area (Å²) in [4.78, 5) is 11.5. The summed E-state index contributed by atoms with van der Waals surface area (Å²) in [5.74, 6) is -1.01. The average molecular weight is 307 g/mol. The van der Waals surface area contributed by atoms with Gasteiger partial charge in [-0.3, -0.25) is 4.79 Å². The standard InChI is InChI=1S/C12H18N2O3S.ClH/c1-3-13-8-10-6-4-5-7-11(10)14-12(15)9-18(2,16)17;/h4-7,13H,3,8-9H2,1-2H3,(H,14,15);1H. The molecule has 1 aromatic rings. The predicted molar refractivity (Wildman–Crippen MR) is 79.4 cm³/mol. The number of hydrogen-bond donors (Lipinski definition) is 2. The maximum Gasteiger partial charge on any atom is 0.239 e. The lowest BCUT2D eigenvalue weighted by atomic mass is 10.1. The van der Waals surface area contributed by atoms with Crippen molar-refractivity contribution in [1.29, 1.82) is 0 Å². The van der Waals surface area contributed by atoms with Crippen LogP contribution in [-0.2, 0) is 21.2 Å². The Morgan fingerprint density at radius 3 is 2.47 bits per heavy atom. The summed E-state index contributed by atoms with van der Waals surface area (Å²) in [5.41, 5.74) is 1.58. The monoisotopic (exact) mass is 306 g/mol. The second-order valence-corrected chi connectivity index (χ2v) is 6.20. The van der Waals surface area contributed by atoms with E-state index >= 15 is 0 Å². The van der Waals surface area contributed by atoms with Crippen molar-refractivity contribution in [1.82, 2.24) is 5.32 Å². The Balaban J connectivity index is 0.00000324. The van der Waals surface area contributed by atoms with E-state index < -0.39 is 21.5 Å². The maximum absolute atomic E-state index is 11.5. The minimum Gasteiger partial charge on any atom is -0.325 e. The van der Waals surface area contributed by atoms with E-state index in [1.807, 2.05) is 19.1 Å². The van der Waals surface area contributed by atoms with Crippen LogP contribution in [0.2, 0.25) is 0 Å². The van der Waals surface area contributed by atoms with Gasteiger partial charge >= 0.3 is 0 Å². The van der Waals surface area contributed by atoms with E-state index in [4.69, 9.17) is 0 Å². The molecule has 0 saturated heterocycles. The van der Waals surface area contributed by atoms with Gasteiger partial charge in [0.25, 0.3) is 0 Å². The van der Waals surface area contributed by atoms with Crippen molar-refractivity contribution in [3.8, 4) is 0 Å². The van der Waals surface area contributed by atoms with E-state index in [9.17, 15) is 13.2 Å². The number of para-hydroxylation sites is 1. The van der Waals surface area contributed by atoms with E-state index in [0.717, 1.165) is 18.4 Å². The summed E-state index contributed by atoms with van der Waals surface area (Å²) < 4.78 is 22.0. The zero-order valence-electron chi connectivity index (χ0n) is 11.0. The molecule has 0 atom stereocenters. The quantitative estimate of drug-likeness (QED) is 0.828. The Labute approximate surface area is 120 Å². The summed E-state index contributed by atoms with van der Waals surface area (Å²) >= 11 is 0. The highest BCUT2D eigenvalue weighted by atomic mass is 35.5. The minimum atomic E-state index is -3.30. The van der Waals surface area contributed by atoms with Crippen LogP contribution in [0.25, 0.3) is 0 Å². The molecule has 0 fully saturated rings. The van der Waals surface area contributed by atoms with Gasteiger partial charge in [0.05, 0.1) is 0 Å². The molecule has 1 aromatic carbocycles. The van der Waals surface area contributed by atoms with E-state index in [-0.39, 0.29) is 12.4 Å². The third-order valence-electron chi connectivity index (χ3n) is 2.25. The maximum atomic E-state index is 11.5. The van der Waals surface area contributed by atoms with Crippen LogP contribution in [0.15, 0.2) is 24.3 Å². The van der Waals surface area contributed by atoms with Gasteiger partial charge in [0.15, 0.2) is 9.84 Å². The first kappa shape index (κ1) is 17.9. The molecule has 0 aliphatic carbocycles. The van der Waals surface area contributed by atoms with Crippen molar-refractivity contribution in [2.24, 2.45) is 0 Å². The Kier molecular flexibility index (Phi) is 7.66. The summed E-state index contributed by atoms with van der Waals surface area (Å²) in [6.07, 6.45) is 1.04. The molecule has 0 aromatic heterocycles. The number of anilines is 1. The molecule has 1 rings (SSSR count). The molecule has 108 valence electrons. The van der Waals surface area contributed by atoms with E-state index in [2.05, 4.69) is 10.6 Å².